The molecule has 2 N–H and O–H groups in total. The molecule has 0 saturated carbocycles. The Labute approximate surface area is 124 Å². The summed E-state index contributed by atoms with van der Waals surface area (Å²) in [5.74, 6) is -2.39. The molecule has 108 valence electrons. The van der Waals surface area contributed by atoms with Crippen molar-refractivity contribution in [2.24, 2.45) is 5.92 Å². The maximum atomic E-state index is 12.0. The minimum Gasteiger partial charge on any atom is -0.481 e. The number of thiophene rings is 1. The first-order chi connectivity index (χ1) is 9.38. The van der Waals surface area contributed by atoms with Gasteiger partial charge in [-0.2, -0.15) is 0 Å². The van der Waals surface area contributed by atoms with Gasteiger partial charge in [-0.15, -0.1) is 11.3 Å². The molecule has 20 heavy (non-hydrogen) atoms. The van der Waals surface area contributed by atoms with Crippen molar-refractivity contribution in [3.05, 3.63) is 21.3 Å². The van der Waals surface area contributed by atoms with Crippen LogP contribution in [0.1, 0.15) is 16.6 Å². The van der Waals surface area contributed by atoms with Gasteiger partial charge in [-0.3, -0.25) is 14.4 Å². The Balaban J connectivity index is 2.08. The number of rotatable bonds is 3. The van der Waals surface area contributed by atoms with E-state index in [2.05, 4.69) is 5.32 Å². The molecule has 0 bridgehead atoms. The zero-order valence-corrected chi connectivity index (χ0v) is 12.2. The van der Waals surface area contributed by atoms with Crippen molar-refractivity contribution in [3.63, 3.8) is 0 Å². The van der Waals surface area contributed by atoms with E-state index in [4.69, 9.17) is 16.7 Å². The van der Waals surface area contributed by atoms with E-state index >= 15 is 0 Å². The number of amides is 2. The van der Waals surface area contributed by atoms with Crippen LogP contribution in [0.25, 0.3) is 0 Å². The maximum absolute atomic E-state index is 12.0. The summed E-state index contributed by atoms with van der Waals surface area (Å²) in [5, 5.41) is 11.8. The van der Waals surface area contributed by atoms with Crippen molar-refractivity contribution < 1.29 is 19.5 Å². The van der Waals surface area contributed by atoms with Gasteiger partial charge in [0.15, 0.2) is 0 Å². The summed E-state index contributed by atoms with van der Waals surface area (Å²) in [5.41, 5.74) is 0. The predicted molar refractivity (Wildman–Crippen MR) is 74.0 cm³/mol. The minimum absolute atomic E-state index is 0.112. The first kappa shape index (κ1) is 14.8. The Morgan fingerprint density at radius 3 is 2.60 bits per heavy atom. The molecule has 1 aliphatic rings. The molecule has 8 heteroatoms. The highest BCUT2D eigenvalue weighted by Gasteiger charge is 2.39. The molecule has 2 atom stereocenters. The molecule has 0 radical (unpaired) electrons. The molecule has 6 nitrogen and oxygen atoms in total. The van der Waals surface area contributed by atoms with E-state index in [9.17, 15) is 14.4 Å². The number of halogens is 1. The molecule has 2 amide bonds. The number of carbonyl (C=O) groups is 3. The van der Waals surface area contributed by atoms with Crippen molar-refractivity contribution in [3.8, 4) is 0 Å². The molecule has 0 aliphatic carbocycles. The van der Waals surface area contributed by atoms with Gasteiger partial charge in [0.2, 0.25) is 5.91 Å². The van der Waals surface area contributed by atoms with Crippen molar-refractivity contribution in [1.82, 2.24) is 10.2 Å². The number of carboxylic acid groups (broad SMARTS) is 1. The smallest absolute Gasteiger partial charge is 0.310 e. The van der Waals surface area contributed by atoms with E-state index in [1.165, 1.54) is 11.8 Å². The van der Waals surface area contributed by atoms with Crippen LogP contribution in [0.5, 0.6) is 0 Å². The quantitative estimate of drug-likeness (QED) is 0.873. The Kier molecular flexibility index (Phi) is 4.29. The van der Waals surface area contributed by atoms with E-state index < -0.39 is 17.9 Å². The second kappa shape index (κ2) is 5.80. The Hall–Kier alpha value is -1.60. The summed E-state index contributed by atoms with van der Waals surface area (Å²) < 4.78 is 0.488. The van der Waals surface area contributed by atoms with E-state index in [1.54, 1.807) is 12.1 Å². The summed E-state index contributed by atoms with van der Waals surface area (Å²) in [6, 6.07) is 2.59. The zero-order chi connectivity index (χ0) is 14.9. The Morgan fingerprint density at radius 1 is 1.40 bits per heavy atom. The highest BCUT2D eigenvalue weighted by molar-refractivity contribution is 7.18. The number of carbonyl (C=O) groups excluding carboxylic acids is 2. The highest BCUT2D eigenvalue weighted by atomic mass is 35.5. The summed E-state index contributed by atoms with van der Waals surface area (Å²) in [4.78, 5) is 36.4. The average molecular weight is 317 g/mol. The number of likely N-dealkylation sites (tertiary alicyclic amines) is 1. The molecule has 1 aromatic rings. The third-order valence-electron chi connectivity index (χ3n) is 3.20. The lowest BCUT2D eigenvalue weighted by atomic mass is 10.0. The van der Waals surface area contributed by atoms with Crippen molar-refractivity contribution in [2.45, 2.75) is 13.0 Å². The molecule has 1 fully saturated rings. The maximum Gasteiger partial charge on any atom is 0.310 e. The summed E-state index contributed by atoms with van der Waals surface area (Å²) in [6.07, 6.45) is 0. The molecular formula is C12H13ClN2O4S. The number of nitrogens with zero attached hydrogens (tertiary/aromatic N) is 1. The third kappa shape index (κ3) is 3.10. The SMILES string of the molecule is CC(=O)N1C[C@@H](NC(=O)c2ccc(Cl)s2)[C@H](C(=O)O)C1. The number of hydrogen-bond acceptors (Lipinski definition) is 4. The molecular weight excluding hydrogens is 304 g/mol. The number of carboxylic acids is 1. The average Bonchev–Trinajstić information content (AvgIpc) is 2.95. The fraction of sp³-hybridized carbons (Fsp3) is 0.417. The molecule has 0 unspecified atom stereocenters. The number of aliphatic carboxylic acids is 1. The van der Waals surface area contributed by atoms with E-state index in [0.29, 0.717) is 9.21 Å². The molecule has 0 spiro atoms. The fourth-order valence-corrected chi connectivity index (χ4v) is 3.08. The van der Waals surface area contributed by atoms with Crippen LogP contribution in [-0.2, 0) is 9.59 Å². The van der Waals surface area contributed by atoms with Crippen LogP contribution in [0, 0.1) is 5.92 Å². The monoisotopic (exact) mass is 316 g/mol. The summed E-state index contributed by atoms with van der Waals surface area (Å²) in [7, 11) is 0. The van der Waals surface area contributed by atoms with Gasteiger partial charge < -0.3 is 15.3 Å². The van der Waals surface area contributed by atoms with E-state index in [1.807, 2.05) is 0 Å². The van der Waals surface area contributed by atoms with Crippen molar-refractivity contribution >= 4 is 40.7 Å². The first-order valence-corrected chi connectivity index (χ1v) is 7.12. The second-order valence-corrected chi connectivity index (χ2v) is 6.27. The van der Waals surface area contributed by atoms with E-state index in [-0.39, 0.29) is 24.9 Å². The van der Waals surface area contributed by atoms with Crippen molar-refractivity contribution in [2.75, 3.05) is 13.1 Å². The minimum atomic E-state index is -1.02. The van der Waals surface area contributed by atoms with Gasteiger partial charge in [0.1, 0.15) is 0 Å². The van der Waals surface area contributed by atoms with Crippen LogP contribution >= 0.6 is 22.9 Å². The predicted octanol–water partition coefficient (Wildman–Crippen LogP) is 1.06. The lowest BCUT2D eigenvalue weighted by Gasteiger charge is -2.16. The van der Waals surface area contributed by atoms with Crippen LogP contribution < -0.4 is 5.32 Å². The van der Waals surface area contributed by atoms with Crippen LogP contribution in [0.15, 0.2) is 12.1 Å². The zero-order valence-electron chi connectivity index (χ0n) is 10.6. The summed E-state index contributed by atoms with van der Waals surface area (Å²) in [6.45, 7) is 1.69. The van der Waals surface area contributed by atoms with Crippen molar-refractivity contribution in [1.29, 1.82) is 0 Å². The molecule has 0 aromatic carbocycles. The summed E-state index contributed by atoms with van der Waals surface area (Å²) >= 11 is 6.88. The van der Waals surface area contributed by atoms with Crippen LogP contribution in [0.2, 0.25) is 4.34 Å². The van der Waals surface area contributed by atoms with Gasteiger partial charge in [0.05, 0.1) is 21.2 Å². The van der Waals surface area contributed by atoms with Gasteiger partial charge in [-0.1, -0.05) is 11.6 Å². The lowest BCUT2D eigenvalue weighted by Crippen LogP contribution is -2.42. The van der Waals surface area contributed by atoms with Crippen LogP contribution in [0.3, 0.4) is 0 Å². The van der Waals surface area contributed by atoms with Gasteiger partial charge in [-0.05, 0) is 12.1 Å². The Morgan fingerprint density at radius 2 is 2.10 bits per heavy atom. The van der Waals surface area contributed by atoms with Gasteiger partial charge in [-0.25, -0.2) is 0 Å². The number of nitrogens with one attached hydrogen (secondary N) is 1. The van der Waals surface area contributed by atoms with Gasteiger partial charge in [0.25, 0.3) is 5.91 Å². The lowest BCUT2D eigenvalue weighted by molar-refractivity contribution is -0.141. The molecule has 2 rings (SSSR count). The fourth-order valence-electron chi connectivity index (χ4n) is 2.13. The molecule has 1 saturated heterocycles. The molecule has 1 aromatic heterocycles. The largest absolute Gasteiger partial charge is 0.481 e. The standard InChI is InChI=1S/C12H13ClN2O4S/c1-6(16)15-4-7(12(18)19)8(5-15)14-11(17)9-2-3-10(13)20-9/h2-3,7-8H,4-5H2,1H3,(H,14,17)(H,18,19)/t7-,8-/m1/s1. The normalized spacial score (nSPS) is 21.8. The van der Waals surface area contributed by atoms with Gasteiger partial charge in [0, 0.05) is 20.0 Å². The third-order valence-corrected chi connectivity index (χ3v) is 4.43. The number of hydrogen-bond donors (Lipinski definition) is 2. The Bertz CT molecular complexity index is 559. The van der Waals surface area contributed by atoms with Crippen LogP contribution in [0.4, 0.5) is 0 Å². The first-order valence-electron chi connectivity index (χ1n) is 5.93. The van der Waals surface area contributed by atoms with Gasteiger partial charge >= 0.3 is 5.97 Å². The highest BCUT2D eigenvalue weighted by Crippen LogP contribution is 2.23. The topological polar surface area (TPSA) is 86.7 Å². The van der Waals surface area contributed by atoms with Crippen LogP contribution in [-0.4, -0.2) is 46.9 Å². The van der Waals surface area contributed by atoms with E-state index in [0.717, 1.165) is 11.3 Å². The second-order valence-electron chi connectivity index (χ2n) is 4.55. The molecule has 1 aliphatic heterocycles. The molecule has 2 heterocycles.